The van der Waals surface area contributed by atoms with Crippen molar-refractivity contribution >= 4 is 44.9 Å². The predicted molar refractivity (Wildman–Crippen MR) is 85.2 cm³/mol. The highest BCUT2D eigenvalue weighted by Crippen LogP contribution is 2.29. The summed E-state index contributed by atoms with van der Waals surface area (Å²) in [6, 6.07) is 2.01. The molecule has 0 spiro atoms. The molecular formula is C13H17ClN4O2S. The molecule has 1 amide bonds. The van der Waals surface area contributed by atoms with Gasteiger partial charge in [-0.15, -0.1) is 11.3 Å². The van der Waals surface area contributed by atoms with Gasteiger partial charge in [-0.3, -0.25) is 4.79 Å². The molecule has 0 saturated heterocycles. The SMILES string of the molecule is COCCNC(=O)CCNc1nc(Cl)nc2sc(C)cc12. The van der Waals surface area contributed by atoms with Crippen LogP contribution in [0.2, 0.25) is 5.28 Å². The van der Waals surface area contributed by atoms with Gasteiger partial charge in [0.15, 0.2) is 0 Å². The largest absolute Gasteiger partial charge is 0.383 e. The smallest absolute Gasteiger partial charge is 0.225 e. The number of hydrogen-bond acceptors (Lipinski definition) is 6. The lowest BCUT2D eigenvalue weighted by atomic mass is 10.3. The summed E-state index contributed by atoms with van der Waals surface area (Å²) in [5.41, 5.74) is 0. The average Bonchev–Trinajstić information content (AvgIpc) is 2.79. The van der Waals surface area contributed by atoms with E-state index in [1.165, 1.54) is 0 Å². The topological polar surface area (TPSA) is 76.1 Å². The third kappa shape index (κ3) is 4.52. The van der Waals surface area contributed by atoms with Crippen molar-refractivity contribution in [1.29, 1.82) is 0 Å². The summed E-state index contributed by atoms with van der Waals surface area (Å²) in [5.74, 6) is 0.636. The van der Waals surface area contributed by atoms with Gasteiger partial charge >= 0.3 is 0 Å². The van der Waals surface area contributed by atoms with Crippen LogP contribution in [0.25, 0.3) is 10.2 Å². The van der Waals surface area contributed by atoms with Crippen molar-refractivity contribution in [3.8, 4) is 0 Å². The van der Waals surface area contributed by atoms with Gasteiger partial charge in [0, 0.05) is 31.5 Å². The van der Waals surface area contributed by atoms with Crippen LogP contribution in [-0.4, -0.2) is 42.7 Å². The molecule has 21 heavy (non-hydrogen) atoms. The van der Waals surface area contributed by atoms with Gasteiger partial charge < -0.3 is 15.4 Å². The Kier molecular flexibility index (Phi) is 5.72. The molecule has 0 fully saturated rings. The van der Waals surface area contributed by atoms with E-state index in [-0.39, 0.29) is 11.2 Å². The Balaban J connectivity index is 1.93. The molecule has 0 aliphatic rings. The van der Waals surface area contributed by atoms with Crippen LogP contribution in [-0.2, 0) is 9.53 Å². The summed E-state index contributed by atoms with van der Waals surface area (Å²) in [6.45, 7) is 3.52. The number of anilines is 1. The molecule has 0 atom stereocenters. The number of carbonyl (C=O) groups is 1. The quantitative estimate of drug-likeness (QED) is 0.602. The Morgan fingerprint density at radius 2 is 2.24 bits per heavy atom. The van der Waals surface area contributed by atoms with Crippen LogP contribution >= 0.6 is 22.9 Å². The summed E-state index contributed by atoms with van der Waals surface area (Å²) in [5, 5.41) is 7.04. The predicted octanol–water partition coefficient (Wildman–Crippen LogP) is 2.22. The van der Waals surface area contributed by atoms with E-state index in [0.717, 1.165) is 15.1 Å². The van der Waals surface area contributed by atoms with E-state index in [1.807, 2.05) is 13.0 Å². The number of carbonyl (C=O) groups excluding carboxylic acids is 1. The number of nitrogens with zero attached hydrogens (tertiary/aromatic N) is 2. The summed E-state index contributed by atoms with van der Waals surface area (Å²) in [7, 11) is 1.60. The van der Waals surface area contributed by atoms with Crippen molar-refractivity contribution in [2.75, 3.05) is 32.1 Å². The molecule has 0 aliphatic heterocycles. The van der Waals surface area contributed by atoms with E-state index in [2.05, 4.69) is 20.6 Å². The van der Waals surface area contributed by atoms with Gasteiger partial charge in [0.25, 0.3) is 0 Å². The molecule has 0 saturated carbocycles. The Morgan fingerprint density at radius 1 is 1.43 bits per heavy atom. The maximum absolute atomic E-state index is 11.6. The number of fused-ring (bicyclic) bond motifs is 1. The minimum Gasteiger partial charge on any atom is -0.383 e. The van der Waals surface area contributed by atoms with Crippen LogP contribution < -0.4 is 10.6 Å². The number of nitrogens with one attached hydrogen (secondary N) is 2. The van der Waals surface area contributed by atoms with E-state index in [9.17, 15) is 4.79 Å². The third-order valence-corrected chi connectivity index (χ3v) is 3.87. The van der Waals surface area contributed by atoms with Gasteiger partial charge in [0.2, 0.25) is 11.2 Å². The number of aryl methyl sites for hydroxylation is 1. The molecule has 0 radical (unpaired) electrons. The van der Waals surface area contributed by atoms with Crippen molar-refractivity contribution in [2.45, 2.75) is 13.3 Å². The first kappa shape index (κ1) is 15.9. The summed E-state index contributed by atoms with van der Waals surface area (Å²) < 4.78 is 4.87. The number of hydrogen-bond donors (Lipinski definition) is 2. The summed E-state index contributed by atoms with van der Waals surface area (Å²) in [4.78, 5) is 21.9. The zero-order chi connectivity index (χ0) is 15.2. The van der Waals surface area contributed by atoms with Gasteiger partial charge in [-0.05, 0) is 24.6 Å². The first-order valence-electron chi connectivity index (χ1n) is 6.53. The van der Waals surface area contributed by atoms with E-state index in [0.29, 0.717) is 31.9 Å². The highest BCUT2D eigenvalue weighted by atomic mass is 35.5. The zero-order valence-electron chi connectivity index (χ0n) is 11.9. The maximum Gasteiger partial charge on any atom is 0.225 e. The second kappa shape index (κ2) is 7.53. The molecule has 0 aliphatic carbocycles. The third-order valence-electron chi connectivity index (χ3n) is 2.76. The van der Waals surface area contributed by atoms with Gasteiger partial charge in [-0.2, -0.15) is 0 Å². The van der Waals surface area contributed by atoms with Crippen molar-refractivity contribution in [1.82, 2.24) is 15.3 Å². The zero-order valence-corrected chi connectivity index (χ0v) is 13.5. The van der Waals surface area contributed by atoms with Crippen LogP contribution in [0.5, 0.6) is 0 Å². The van der Waals surface area contributed by atoms with E-state index >= 15 is 0 Å². The Morgan fingerprint density at radius 3 is 3.00 bits per heavy atom. The molecule has 6 nitrogen and oxygen atoms in total. The molecule has 2 N–H and O–H groups in total. The number of aromatic nitrogens is 2. The van der Waals surface area contributed by atoms with Gasteiger partial charge in [-0.1, -0.05) is 0 Å². The highest BCUT2D eigenvalue weighted by Gasteiger charge is 2.10. The molecule has 2 aromatic rings. The fraction of sp³-hybridized carbons (Fsp3) is 0.462. The van der Waals surface area contributed by atoms with Gasteiger partial charge in [-0.25, -0.2) is 9.97 Å². The monoisotopic (exact) mass is 328 g/mol. The molecular weight excluding hydrogens is 312 g/mol. The number of methoxy groups -OCH3 is 1. The first-order valence-corrected chi connectivity index (χ1v) is 7.73. The first-order chi connectivity index (χ1) is 10.1. The maximum atomic E-state index is 11.6. The van der Waals surface area contributed by atoms with Crippen molar-refractivity contribution in [3.63, 3.8) is 0 Å². The van der Waals surface area contributed by atoms with Gasteiger partial charge in [0.1, 0.15) is 10.6 Å². The lowest BCUT2D eigenvalue weighted by molar-refractivity contribution is -0.121. The number of amides is 1. The molecule has 2 heterocycles. The number of thiophene rings is 1. The lowest BCUT2D eigenvalue weighted by Gasteiger charge is -2.07. The molecule has 2 rings (SSSR count). The Bertz CT molecular complexity index is 632. The van der Waals surface area contributed by atoms with Crippen LogP contribution in [0, 0.1) is 6.92 Å². The van der Waals surface area contributed by atoms with E-state index < -0.39 is 0 Å². The molecule has 114 valence electrons. The molecule has 8 heteroatoms. The van der Waals surface area contributed by atoms with Crippen LogP contribution in [0.1, 0.15) is 11.3 Å². The Hall–Kier alpha value is -1.44. The van der Waals surface area contributed by atoms with E-state index in [1.54, 1.807) is 18.4 Å². The minimum absolute atomic E-state index is 0.0301. The van der Waals surface area contributed by atoms with Crippen LogP contribution in [0.4, 0.5) is 5.82 Å². The normalized spacial score (nSPS) is 10.8. The fourth-order valence-corrected chi connectivity index (χ4v) is 2.92. The Labute approximate surface area is 131 Å². The minimum atomic E-state index is -0.0301. The van der Waals surface area contributed by atoms with Gasteiger partial charge in [0.05, 0.1) is 12.0 Å². The van der Waals surface area contributed by atoms with Crippen molar-refractivity contribution in [3.05, 3.63) is 16.2 Å². The second-order valence-electron chi connectivity index (χ2n) is 4.44. The number of ether oxygens (including phenoxy) is 1. The average molecular weight is 329 g/mol. The lowest BCUT2D eigenvalue weighted by Crippen LogP contribution is -2.28. The van der Waals surface area contributed by atoms with Crippen LogP contribution in [0.3, 0.4) is 0 Å². The number of halogens is 1. The number of rotatable bonds is 7. The van der Waals surface area contributed by atoms with E-state index in [4.69, 9.17) is 16.3 Å². The van der Waals surface area contributed by atoms with Crippen LogP contribution in [0.15, 0.2) is 6.07 Å². The molecule has 0 aromatic carbocycles. The fourth-order valence-electron chi connectivity index (χ4n) is 1.83. The summed E-state index contributed by atoms with van der Waals surface area (Å²) in [6.07, 6.45) is 0.357. The molecule has 0 unspecified atom stereocenters. The summed E-state index contributed by atoms with van der Waals surface area (Å²) >= 11 is 7.48. The second-order valence-corrected chi connectivity index (χ2v) is 6.01. The molecule has 2 aromatic heterocycles. The van der Waals surface area contributed by atoms with Crippen molar-refractivity contribution in [2.24, 2.45) is 0 Å². The molecule has 0 bridgehead atoms. The highest BCUT2D eigenvalue weighted by molar-refractivity contribution is 7.18. The van der Waals surface area contributed by atoms with Crippen molar-refractivity contribution < 1.29 is 9.53 Å². The standard InChI is InChI=1S/C13H17ClN4O2S/c1-8-7-9-11(17-13(14)18-12(9)21-8)16-4-3-10(19)15-5-6-20-2/h7H,3-6H2,1-2H3,(H,15,19)(H,16,17,18).